The van der Waals surface area contributed by atoms with Gasteiger partial charge in [0.05, 0.1) is 12.1 Å². The molecule has 0 unspecified atom stereocenters. The highest BCUT2D eigenvalue weighted by atomic mass is 32.2. The van der Waals surface area contributed by atoms with Crippen molar-refractivity contribution >= 4 is 15.9 Å². The molecule has 0 aliphatic carbocycles. The number of rotatable bonds is 9. The molecule has 8 nitrogen and oxygen atoms in total. The molecule has 0 atom stereocenters. The predicted octanol–water partition coefficient (Wildman–Crippen LogP) is 2.33. The van der Waals surface area contributed by atoms with Crippen LogP contribution >= 0.6 is 0 Å². The van der Waals surface area contributed by atoms with Crippen molar-refractivity contribution in [2.45, 2.75) is 26.6 Å². The molecule has 1 aliphatic heterocycles. The highest BCUT2D eigenvalue weighted by Gasteiger charge is 2.25. The molecule has 1 aliphatic rings. The zero-order chi connectivity index (χ0) is 24.0. The minimum Gasteiger partial charge on any atom is -0.348 e. The Kier molecular flexibility index (Phi) is 7.77. The van der Waals surface area contributed by atoms with Gasteiger partial charge in [-0.15, -0.1) is 0 Å². The summed E-state index contributed by atoms with van der Waals surface area (Å²) in [5.74, 6) is 0.0275. The van der Waals surface area contributed by atoms with Crippen molar-refractivity contribution in [1.29, 1.82) is 0 Å². The molecule has 1 fully saturated rings. The number of carbonyl (C=O) groups is 1. The van der Waals surface area contributed by atoms with E-state index in [0.29, 0.717) is 44.8 Å². The fraction of sp³-hybridized carbons (Fsp3) is 0.360. The summed E-state index contributed by atoms with van der Waals surface area (Å²) in [5.41, 5.74) is 3.86. The topological polar surface area (TPSA) is 87.5 Å². The fourth-order valence-electron chi connectivity index (χ4n) is 4.13. The highest BCUT2D eigenvalue weighted by Crippen LogP contribution is 2.14. The Morgan fingerprint density at radius 3 is 2.38 bits per heavy atom. The number of nitrogens with one attached hydrogen (secondary N) is 1. The van der Waals surface area contributed by atoms with Crippen molar-refractivity contribution in [2.24, 2.45) is 0 Å². The Bertz CT molecular complexity index is 1200. The Morgan fingerprint density at radius 1 is 0.971 bits per heavy atom. The van der Waals surface area contributed by atoms with E-state index in [4.69, 9.17) is 0 Å². The third-order valence-corrected chi connectivity index (χ3v) is 7.94. The summed E-state index contributed by atoms with van der Waals surface area (Å²) in [6.07, 6.45) is 5.47. The Labute approximate surface area is 201 Å². The first-order valence-corrected chi connectivity index (χ1v) is 13.1. The summed E-state index contributed by atoms with van der Waals surface area (Å²) in [6.45, 7) is 5.95. The third kappa shape index (κ3) is 6.31. The molecule has 1 amide bonds. The van der Waals surface area contributed by atoms with E-state index in [0.717, 1.165) is 23.2 Å². The smallest absolute Gasteiger partial charge is 0.251 e. The maximum absolute atomic E-state index is 12.8. The standard InChI is InChI=1S/C25H31N5O3S/c1-2-34(32,33)30-13-11-28(12-14-30)18-23-7-4-8-24(16-23)25(31)27-17-21-5-3-6-22(15-21)19-29-10-9-26-20-29/h3-10,15-16,20H,2,11-14,17-19H2,1H3,(H,27,31). The number of sulfonamides is 1. The van der Waals surface area contributed by atoms with Gasteiger partial charge < -0.3 is 9.88 Å². The van der Waals surface area contributed by atoms with Crippen LogP contribution in [0.15, 0.2) is 67.3 Å². The first-order valence-electron chi connectivity index (χ1n) is 11.5. The van der Waals surface area contributed by atoms with Crippen LogP contribution in [0.5, 0.6) is 0 Å². The van der Waals surface area contributed by atoms with Crippen molar-refractivity contribution in [3.63, 3.8) is 0 Å². The maximum Gasteiger partial charge on any atom is 0.251 e. The second-order valence-electron chi connectivity index (χ2n) is 8.51. The van der Waals surface area contributed by atoms with Gasteiger partial charge in [0, 0.05) is 63.8 Å². The molecule has 34 heavy (non-hydrogen) atoms. The highest BCUT2D eigenvalue weighted by molar-refractivity contribution is 7.89. The second-order valence-corrected chi connectivity index (χ2v) is 10.8. The Balaban J connectivity index is 1.30. The van der Waals surface area contributed by atoms with Gasteiger partial charge in [-0.1, -0.05) is 36.4 Å². The number of amides is 1. The van der Waals surface area contributed by atoms with Crippen LogP contribution in [-0.4, -0.2) is 65.0 Å². The zero-order valence-corrected chi connectivity index (χ0v) is 20.2. The summed E-state index contributed by atoms with van der Waals surface area (Å²) < 4.78 is 27.7. The van der Waals surface area contributed by atoms with Crippen molar-refractivity contribution < 1.29 is 13.2 Å². The number of hydrogen-bond acceptors (Lipinski definition) is 5. The Hall–Kier alpha value is -3.01. The van der Waals surface area contributed by atoms with Crippen molar-refractivity contribution in [2.75, 3.05) is 31.9 Å². The van der Waals surface area contributed by atoms with E-state index in [1.807, 2.05) is 47.2 Å². The van der Waals surface area contributed by atoms with Crippen LogP contribution in [0.3, 0.4) is 0 Å². The molecule has 1 aromatic heterocycles. The zero-order valence-electron chi connectivity index (χ0n) is 19.4. The van der Waals surface area contributed by atoms with Crippen molar-refractivity contribution in [1.82, 2.24) is 24.1 Å². The molecular weight excluding hydrogens is 450 g/mol. The van der Waals surface area contributed by atoms with Gasteiger partial charge in [0.1, 0.15) is 0 Å². The number of piperazine rings is 1. The normalized spacial score (nSPS) is 15.3. The van der Waals surface area contributed by atoms with Gasteiger partial charge in [-0.05, 0) is 35.7 Å². The van der Waals surface area contributed by atoms with Crippen LogP contribution in [0.25, 0.3) is 0 Å². The summed E-state index contributed by atoms with van der Waals surface area (Å²) in [4.78, 5) is 19.1. The molecule has 180 valence electrons. The average molecular weight is 482 g/mol. The quantitative estimate of drug-likeness (QED) is 0.507. The van der Waals surface area contributed by atoms with Crippen LogP contribution < -0.4 is 5.32 Å². The number of imidazole rings is 1. The van der Waals surface area contributed by atoms with Crippen LogP contribution in [-0.2, 0) is 29.7 Å². The number of benzene rings is 2. The molecule has 1 saturated heterocycles. The number of carbonyl (C=O) groups excluding carboxylic acids is 1. The van der Waals surface area contributed by atoms with E-state index in [-0.39, 0.29) is 11.7 Å². The lowest BCUT2D eigenvalue weighted by Gasteiger charge is -2.33. The number of aromatic nitrogens is 2. The number of nitrogens with zero attached hydrogens (tertiary/aromatic N) is 4. The van der Waals surface area contributed by atoms with E-state index in [1.54, 1.807) is 23.8 Å². The molecule has 0 bridgehead atoms. The lowest BCUT2D eigenvalue weighted by Crippen LogP contribution is -2.48. The lowest BCUT2D eigenvalue weighted by molar-refractivity contribution is 0.0950. The van der Waals surface area contributed by atoms with Gasteiger partial charge in [-0.3, -0.25) is 9.69 Å². The van der Waals surface area contributed by atoms with Gasteiger partial charge in [0.15, 0.2) is 0 Å². The molecule has 0 saturated carbocycles. The van der Waals surface area contributed by atoms with E-state index in [9.17, 15) is 13.2 Å². The SMILES string of the molecule is CCS(=O)(=O)N1CCN(Cc2cccc(C(=O)NCc3cccc(Cn4ccnc4)c3)c2)CC1. The van der Waals surface area contributed by atoms with Gasteiger partial charge in [0.25, 0.3) is 5.91 Å². The maximum atomic E-state index is 12.8. The van der Waals surface area contributed by atoms with Crippen molar-refractivity contribution in [3.05, 3.63) is 89.5 Å². The molecule has 4 rings (SSSR count). The number of hydrogen-bond donors (Lipinski definition) is 1. The van der Waals surface area contributed by atoms with Gasteiger partial charge in [-0.2, -0.15) is 4.31 Å². The Morgan fingerprint density at radius 2 is 1.68 bits per heavy atom. The summed E-state index contributed by atoms with van der Waals surface area (Å²) >= 11 is 0. The molecule has 2 aromatic carbocycles. The second kappa shape index (κ2) is 10.9. The summed E-state index contributed by atoms with van der Waals surface area (Å²) in [5, 5.41) is 3.02. The van der Waals surface area contributed by atoms with E-state index in [1.165, 1.54) is 0 Å². The molecule has 0 radical (unpaired) electrons. The van der Waals surface area contributed by atoms with Gasteiger partial charge >= 0.3 is 0 Å². The van der Waals surface area contributed by atoms with Gasteiger partial charge in [0.2, 0.25) is 10.0 Å². The summed E-state index contributed by atoms with van der Waals surface area (Å²) in [6, 6.07) is 15.8. The first kappa shape index (κ1) is 24.1. The van der Waals surface area contributed by atoms with E-state index < -0.39 is 10.0 Å². The average Bonchev–Trinajstić information content (AvgIpc) is 3.36. The molecule has 1 N–H and O–H groups in total. The molecular formula is C25H31N5O3S. The monoisotopic (exact) mass is 481 g/mol. The lowest BCUT2D eigenvalue weighted by atomic mass is 10.1. The van der Waals surface area contributed by atoms with Crippen molar-refractivity contribution in [3.8, 4) is 0 Å². The molecule has 9 heteroatoms. The van der Waals surface area contributed by atoms with Crippen LogP contribution in [0.1, 0.15) is 34.0 Å². The first-order chi connectivity index (χ1) is 16.4. The van der Waals surface area contributed by atoms with E-state index in [2.05, 4.69) is 27.3 Å². The molecule has 2 heterocycles. The fourth-order valence-corrected chi connectivity index (χ4v) is 5.22. The molecule has 3 aromatic rings. The van der Waals surface area contributed by atoms with Crippen LogP contribution in [0, 0.1) is 0 Å². The minimum absolute atomic E-state index is 0.110. The summed E-state index contributed by atoms with van der Waals surface area (Å²) in [7, 11) is -3.13. The van der Waals surface area contributed by atoms with E-state index >= 15 is 0 Å². The third-order valence-electron chi connectivity index (χ3n) is 6.05. The van der Waals surface area contributed by atoms with Crippen LogP contribution in [0.4, 0.5) is 0 Å². The van der Waals surface area contributed by atoms with Gasteiger partial charge in [-0.25, -0.2) is 13.4 Å². The minimum atomic E-state index is -3.13. The van der Waals surface area contributed by atoms with Crippen LogP contribution in [0.2, 0.25) is 0 Å². The largest absolute Gasteiger partial charge is 0.348 e. The predicted molar refractivity (Wildman–Crippen MR) is 132 cm³/mol. The molecule has 0 spiro atoms.